The normalized spacial score (nSPS) is 20.2. The van der Waals surface area contributed by atoms with Crippen LogP contribution in [0.2, 0.25) is 5.02 Å². The van der Waals surface area contributed by atoms with Gasteiger partial charge in [0, 0.05) is 16.0 Å². The molecule has 0 radical (unpaired) electrons. The molecule has 1 aromatic rings. The highest BCUT2D eigenvalue weighted by molar-refractivity contribution is 9.10. The van der Waals surface area contributed by atoms with Crippen LogP contribution >= 0.6 is 27.5 Å². The summed E-state index contributed by atoms with van der Waals surface area (Å²) in [6, 6.07) is 3.66. The van der Waals surface area contributed by atoms with Crippen LogP contribution in [0.15, 0.2) is 22.7 Å². The smallest absolute Gasteiger partial charge is 0.322 e. The first-order valence-electron chi connectivity index (χ1n) is 6.29. The standard InChI is InChI=1S/C12H14BrClN2O4S/c13-9-5-4-8(14)7-10(9)15-21(19,20)16-6-2-1-3-11(16)12(17)18/h4-5,7,11,15H,1-3,6H2,(H,17,18). The fraction of sp³-hybridized carbons (Fsp3) is 0.417. The van der Waals surface area contributed by atoms with Gasteiger partial charge in [-0.15, -0.1) is 0 Å². The second-order valence-corrected chi connectivity index (χ2v) is 7.61. The maximum absolute atomic E-state index is 12.4. The maximum atomic E-state index is 12.4. The first-order valence-corrected chi connectivity index (χ1v) is 8.90. The predicted molar refractivity (Wildman–Crippen MR) is 83.7 cm³/mol. The molecule has 21 heavy (non-hydrogen) atoms. The minimum absolute atomic E-state index is 0.185. The van der Waals surface area contributed by atoms with Crippen molar-refractivity contribution in [2.45, 2.75) is 25.3 Å². The largest absolute Gasteiger partial charge is 0.480 e. The van der Waals surface area contributed by atoms with Crippen LogP contribution < -0.4 is 4.72 Å². The lowest BCUT2D eigenvalue weighted by atomic mass is 10.1. The second kappa shape index (κ2) is 6.51. The van der Waals surface area contributed by atoms with Crippen molar-refractivity contribution in [1.82, 2.24) is 4.31 Å². The Hall–Kier alpha value is -0.830. The van der Waals surface area contributed by atoms with Crippen molar-refractivity contribution in [2.75, 3.05) is 11.3 Å². The number of carboxylic acids is 1. The first kappa shape index (κ1) is 16.5. The van der Waals surface area contributed by atoms with Crippen LogP contribution in [0, 0.1) is 0 Å². The molecule has 1 fully saturated rings. The van der Waals surface area contributed by atoms with E-state index in [4.69, 9.17) is 11.6 Å². The molecule has 1 saturated heterocycles. The van der Waals surface area contributed by atoms with E-state index in [2.05, 4.69) is 20.7 Å². The van der Waals surface area contributed by atoms with E-state index < -0.39 is 22.2 Å². The number of nitrogens with one attached hydrogen (secondary N) is 1. The number of halogens is 2. The van der Waals surface area contributed by atoms with Gasteiger partial charge < -0.3 is 5.11 Å². The van der Waals surface area contributed by atoms with E-state index >= 15 is 0 Å². The molecule has 1 heterocycles. The molecule has 1 atom stereocenters. The summed E-state index contributed by atoms with van der Waals surface area (Å²) in [5.74, 6) is -1.13. The number of benzene rings is 1. The molecule has 0 amide bonds. The topological polar surface area (TPSA) is 86.7 Å². The van der Waals surface area contributed by atoms with Gasteiger partial charge in [-0.3, -0.25) is 9.52 Å². The predicted octanol–water partition coefficient (Wildman–Crippen LogP) is 2.70. The zero-order valence-corrected chi connectivity index (χ0v) is 14.1. The van der Waals surface area contributed by atoms with Gasteiger partial charge in [-0.1, -0.05) is 11.6 Å². The Balaban J connectivity index is 2.28. The minimum Gasteiger partial charge on any atom is -0.480 e. The molecule has 0 aromatic heterocycles. The lowest BCUT2D eigenvalue weighted by Crippen LogP contribution is -2.49. The average molecular weight is 398 g/mol. The van der Waals surface area contributed by atoms with Crippen molar-refractivity contribution in [3.8, 4) is 0 Å². The summed E-state index contributed by atoms with van der Waals surface area (Å²) in [6.45, 7) is 0.185. The number of nitrogens with zero attached hydrogens (tertiary/aromatic N) is 1. The highest BCUT2D eigenvalue weighted by Crippen LogP contribution is 2.29. The van der Waals surface area contributed by atoms with Gasteiger partial charge in [-0.25, -0.2) is 0 Å². The molecule has 1 aromatic carbocycles. The Kier molecular flexibility index (Phi) is 5.13. The molecule has 1 aliphatic rings. The third kappa shape index (κ3) is 3.88. The van der Waals surface area contributed by atoms with E-state index in [1.165, 1.54) is 6.07 Å². The third-order valence-electron chi connectivity index (χ3n) is 3.21. The van der Waals surface area contributed by atoms with E-state index in [0.717, 1.165) is 4.31 Å². The van der Waals surface area contributed by atoms with E-state index in [9.17, 15) is 18.3 Å². The first-order chi connectivity index (χ1) is 9.81. The van der Waals surface area contributed by atoms with E-state index in [0.29, 0.717) is 28.8 Å². The van der Waals surface area contributed by atoms with Gasteiger partial charge in [-0.2, -0.15) is 12.7 Å². The number of aliphatic carboxylic acids is 1. The lowest BCUT2D eigenvalue weighted by molar-refractivity contribution is -0.142. The Morgan fingerprint density at radius 2 is 2.14 bits per heavy atom. The number of piperidine rings is 1. The Morgan fingerprint density at radius 1 is 1.43 bits per heavy atom. The molecule has 0 spiro atoms. The molecular formula is C12H14BrClN2O4S. The number of carboxylic acid groups (broad SMARTS) is 1. The van der Waals surface area contributed by atoms with Crippen molar-refractivity contribution >= 4 is 49.4 Å². The fourth-order valence-electron chi connectivity index (χ4n) is 2.21. The van der Waals surface area contributed by atoms with Gasteiger partial charge in [0.25, 0.3) is 0 Å². The Bertz CT molecular complexity index is 653. The molecule has 0 bridgehead atoms. The van der Waals surface area contributed by atoms with Gasteiger partial charge in [0.2, 0.25) is 0 Å². The minimum atomic E-state index is -3.96. The van der Waals surface area contributed by atoms with Crippen LogP contribution in [0.1, 0.15) is 19.3 Å². The number of hydrogen-bond acceptors (Lipinski definition) is 3. The summed E-state index contributed by atoms with van der Waals surface area (Å²) in [5, 5.41) is 9.55. The van der Waals surface area contributed by atoms with Gasteiger partial charge >= 0.3 is 16.2 Å². The van der Waals surface area contributed by atoms with Gasteiger partial charge in [0.05, 0.1) is 5.69 Å². The third-order valence-corrected chi connectivity index (χ3v) is 5.67. The summed E-state index contributed by atoms with van der Waals surface area (Å²) >= 11 is 9.08. The summed E-state index contributed by atoms with van der Waals surface area (Å²) in [4.78, 5) is 11.2. The van der Waals surface area contributed by atoms with Crippen molar-refractivity contribution in [1.29, 1.82) is 0 Å². The zero-order valence-electron chi connectivity index (χ0n) is 10.9. The Morgan fingerprint density at radius 3 is 2.81 bits per heavy atom. The van der Waals surface area contributed by atoms with Crippen molar-refractivity contribution in [3.05, 3.63) is 27.7 Å². The summed E-state index contributed by atoms with van der Waals surface area (Å²) < 4.78 is 28.7. The van der Waals surface area contributed by atoms with Crippen molar-refractivity contribution in [3.63, 3.8) is 0 Å². The molecule has 1 unspecified atom stereocenters. The van der Waals surface area contributed by atoms with E-state index in [1.54, 1.807) is 12.1 Å². The SMILES string of the molecule is O=C(O)C1CCCCN1S(=O)(=O)Nc1cc(Cl)ccc1Br. The van der Waals surface area contributed by atoms with Crippen LogP contribution in [-0.4, -0.2) is 36.4 Å². The quantitative estimate of drug-likeness (QED) is 0.818. The summed E-state index contributed by atoms with van der Waals surface area (Å²) in [5.41, 5.74) is 0.275. The molecule has 2 rings (SSSR count). The number of rotatable bonds is 4. The van der Waals surface area contributed by atoms with Gasteiger partial charge in [0.1, 0.15) is 6.04 Å². The summed E-state index contributed by atoms with van der Waals surface area (Å²) in [7, 11) is -3.96. The van der Waals surface area contributed by atoms with Crippen LogP contribution in [0.5, 0.6) is 0 Å². The van der Waals surface area contributed by atoms with Crippen LogP contribution in [0.25, 0.3) is 0 Å². The lowest BCUT2D eigenvalue weighted by Gasteiger charge is -2.32. The highest BCUT2D eigenvalue weighted by atomic mass is 79.9. The van der Waals surface area contributed by atoms with Gasteiger partial charge in [-0.05, 0) is 53.4 Å². The molecule has 2 N–H and O–H groups in total. The summed E-state index contributed by atoms with van der Waals surface area (Å²) in [6.07, 6.45) is 1.65. The highest BCUT2D eigenvalue weighted by Gasteiger charge is 2.36. The molecule has 0 aliphatic carbocycles. The second-order valence-electron chi connectivity index (χ2n) is 4.69. The van der Waals surface area contributed by atoms with Crippen LogP contribution in [0.3, 0.4) is 0 Å². The molecule has 0 saturated carbocycles. The molecule has 9 heteroatoms. The number of hydrogen-bond donors (Lipinski definition) is 2. The molecule has 6 nitrogen and oxygen atoms in total. The average Bonchev–Trinajstić information content (AvgIpc) is 2.42. The molecule has 1 aliphatic heterocycles. The zero-order chi connectivity index (χ0) is 15.6. The molecular weight excluding hydrogens is 384 g/mol. The maximum Gasteiger partial charge on any atom is 0.322 e. The van der Waals surface area contributed by atoms with E-state index in [-0.39, 0.29) is 12.2 Å². The van der Waals surface area contributed by atoms with E-state index in [1.807, 2.05) is 0 Å². The Labute approximate surface area is 136 Å². The monoisotopic (exact) mass is 396 g/mol. The fourth-order valence-corrected chi connectivity index (χ4v) is 4.33. The van der Waals surface area contributed by atoms with Crippen molar-refractivity contribution < 1.29 is 18.3 Å². The molecule has 116 valence electrons. The van der Waals surface area contributed by atoms with Crippen molar-refractivity contribution in [2.24, 2.45) is 0 Å². The number of carbonyl (C=O) groups is 1. The van der Waals surface area contributed by atoms with Crippen LogP contribution in [0.4, 0.5) is 5.69 Å². The van der Waals surface area contributed by atoms with Gasteiger partial charge in [0.15, 0.2) is 0 Å². The van der Waals surface area contributed by atoms with Crippen LogP contribution in [-0.2, 0) is 15.0 Å². The number of anilines is 1.